The van der Waals surface area contributed by atoms with E-state index >= 15 is 0 Å². The lowest BCUT2D eigenvalue weighted by molar-refractivity contribution is 0.363. The van der Waals surface area contributed by atoms with Gasteiger partial charge < -0.3 is 21.1 Å². The van der Waals surface area contributed by atoms with Gasteiger partial charge in [0.15, 0.2) is 0 Å². The monoisotopic (exact) mass is 372 g/mol. The lowest BCUT2D eigenvalue weighted by Gasteiger charge is -2.37. The molecule has 1 saturated heterocycles. The zero-order valence-electron chi connectivity index (χ0n) is 14.6. The molecule has 2 aromatic rings. The largest absolute Gasteiger partial charge is 0.436 e. The van der Waals surface area contributed by atoms with E-state index in [4.69, 9.17) is 32.8 Å². The summed E-state index contributed by atoms with van der Waals surface area (Å²) in [4.78, 5) is 15.9. The highest BCUT2D eigenvalue weighted by Gasteiger charge is 2.28. The van der Waals surface area contributed by atoms with Crippen LogP contribution in [0, 0.1) is 0 Å². The van der Waals surface area contributed by atoms with E-state index in [0.717, 1.165) is 37.4 Å². The summed E-state index contributed by atoms with van der Waals surface area (Å²) in [7, 11) is 0. The molecule has 0 radical (unpaired) electrons. The molecule has 4 rings (SSSR count). The van der Waals surface area contributed by atoms with Crippen molar-refractivity contribution in [2.24, 2.45) is 10.7 Å². The minimum Gasteiger partial charge on any atom is -0.436 e. The number of aromatic nitrogens is 2. The number of anilines is 2. The van der Waals surface area contributed by atoms with Gasteiger partial charge in [0.2, 0.25) is 5.90 Å². The minimum absolute atomic E-state index is 0.0941. The van der Waals surface area contributed by atoms with Crippen LogP contribution < -0.4 is 21.1 Å². The lowest BCUT2D eigenvalue weighted by Crippen LogP contribution is -2.48. The number of fused-ring (bicyclic) bond motifs is 1. The third-order valence-electron chi connectivity index (χ3n) is 4.80. The van der Waals surface area contributed by atoms with E-state index in [1.807, 2.05) is 0 Å². The lowest BCUT2D eigenvalue weighted by atomic mass is 9.91. The predicted molar refractivity (Wildman–Crippen MR) is 103 cm³/mol. The first kappa shape index (κ1) is 17.1. The molecule has 0 bridgehead atoms. The summed E-state index contributed by atoms with van der Waals surface area (Å²) in [5, 5.41) is 0.434. The van der Waals surface area contributed by atoms with Crippen molar-refractivity contribution in [2.75, 3.05) is 23.7 Å². The maximum absolute atomic E-state index is 6.21. The molecule has 0 atom stereocenters. The molecule has 1 aromatic carbocycles. The molecule has 0 unspecified atom stereocenters. The molecule has 1 aromatic heterocycles. The Bertz CT molecular complexity index is 872. The van der Waals surface area contributed by atoms with Crippen molar-refractivity contribution in [3.63, 3.8) is 0 Å². The number of hydrogen-bond acceptors (Lipinski definition) is 7. The van der Waals surface area contributed by atoms with Crippen molar-refractivity contribution >= 4 is 29.0 Å². The highest BCUT2D eigenvalue weighted by molar-refractivity contribution is 6.32. The van der Waals surface area contributed by atoms with Crippen molar-refractivity contribution in [1.29, 1.82) is 0 Å². The molecule has 7 nitrogen and oxygen atoms in total. The molecule has 0 saturated carbocycles. The molecule has 0 spiro atoms. The van der Waals surface area contributed by atoms with E-state index in [9.17, 15) is 0 Å². The number of nitrogens with two attached hydrogens (primary N) is 2. The summed E-state index contributed by atoms with van der Waals surface area (Å²) in [5.41, 5.74) is 13.9. The topological polar surface area (TPSA) is 103 Å². The Morgan fingerprint density at radius 2 is 2.04 bits per heavy atom. The van der Waals surface area contributed by atoms with E-state index in [0.29, 0.717) is 34.6 Å². The highest BCUT2D eigenvalue weighted by Crippen LogP contribution is 2.29. The summed E-state index contributed by atoms with van der Waals surface area (Å²) >= 11 is 6.17. The van der Waals surface area contributed by atoms with Crippen LogP contribution in [0.15, 0.2) is 29.4 Å². The van der Waals surface area contributed by atoms with Crippen LogP contribution in [0.4, 0.5) is 11.5 Å². The Hall–Kier alpha value is -2.38. The quantitative estimate of drug-likeness (QED) is 0.784. The molecule has 0 amide bonds. The molecule has 0 aliphatic carbocycles. The number of rotatable bonds is 2. The van der Waals surface area contributed by atoms with Gasteiger partial charge in [0.1, 0.15) is 17.3 Å². The number of halogens is 1. The first-order chi connectivity index (χ1) is 12.4. The number of piperidine rings is 1. The minimum atomic E-state index is -0.0941. The van der Waals surface area contributed by atoms with Gasteiger partial charge in [-0.1, -0.05) is 11.6 Å². The van der Waals surface area contributed by atoms with E-state index in [-0.39, 0.29) is 5.54 Å². The molecule has 2 aliphatic heterocycles. The summed E-state index contributed by atoms with van der Waals surface area (Å²) < 4.78 is 5.83. The van der Waals surface area contributed by atoms with E-state index < -0.39 is 0 Å². The SMILES string of the molecule is CC1(N)CCN(c2cnc3c(n2)CN=C3Oc2ccc(N)cc2Cl)CC1. The fourth-order valence-corrected chi connectivity index (χ4v) is 3.34. The zero-order valence-corrected chi connectivity index (χ0v) is 15.3. The molecule has 4 N–H and O–H groups in total. The Kier molecular flexibility index (Phi) is 4.20. The van der Waals surface area contributed by atoms with Crippen LogP contribution in [-0.2, 0) is 6.54 Å². The Balaban J connectivity index is 1.51. The summed E-state index contributed by atoms with van der Waals surface area (Å²) in [6.07, 6.45) is 3.64. The van der Waals surface area contributed by atoms with E-state index in [1.165, 1.54) is 0 Å². The molecule has 3 heterocycles. The van der Waals surface area contributed by atoms with Crippen LogP contribution in [0.3, 0.4) is 0 Å². The first-order valence-electron chi connectivity index (χ1n) is 8.59. The highest BCUT2D eigenvalue weighted by atomic mass is 35.5. The van der Waals surface area contributed by atoms with Crippen molar-refractivity contribution in [2.45, 2.75) is 31.8 Å². The second-order valence-corrected chi connectivity index (χ2v) is 7.49. The predicted octanol–water partition coefficient (Wildman–Crippen LogP) is 2.37. The summed E-state index contributed by atoms with van der Waals surface area (Å²) in [6.45, 7) is 4.30. The molecular weight excluding hydrogens is 352 g/mol. The summed E-state index contributed by atoms with van der Waals surface area (Å²) in [6, 6.07) is 5.09. The molecule has 26 heavy (non-hydrogen) atoms. The van der Waals surface area contributed by atoms with Crippen LogP contribution in [0.2, 0.25) is 5.02 Å². The normalized spacial score (nSPS) is 18.4. The number of nitrogen functional groups attached to an aromatic ring is 1. The van der Waals surface area contributed by atoms with Crippen LogP contribution in [-0.4, -0.2) is 34.5 Å². The van der Waals surface area contributed by atoms with Gasteiger partial charge in [-0.25, -0.2) is 15.0 Å². The first-order valence-corrected chi connectivity index (χ1v) is 8.96. The van der Waals surface area contributed by atoms with Gasteiger partial charge in [-0.3, -0.25) is 0 Å². The van der Waals surface area contributed by atoms with Crippen LogP contribution in [0.1, 0.15) is 31.2 Å². The number of hydrogen-bond donors (Lipinski definition) is 2. The molecule has 8 heteroatoms. The van der Waals surface area contributed by atoms with Gasteiger partial charge in [0.25, 0.3) is 0 Å². The molecule has 136 valence electrons. The number of ether oxygens (including phenoxy) is 1. The average molecular weight is 373 g/mol. The van der Waals surface area contributed by atoms with Gasteiger partial charge >= 0.3 is 0 Å². The average Bonchev–Trinajstić information content (AvgIpc) is 2.99. The van der Waals surface area contributed by atoms with E-state index in [1.54, 1.807) is 24.4 Å². The van der Waals surface area contributed by atoms with Crippen molar-refractivity contribution in [3.05, 3.63) is 40.8 Å². The number of aliphatic imine (C=N–C) groups is 1. The smallest absolute Gasteiger partial charge is 0.243 e. The van der Waals surface area contributed by atoms with Gasteiger partial charge in [-0.2, -0.15) is 0 Å². The Morgan fingerprint density at radius 1 is 1.27 bits per heavy atom. The fraction of sp³-hybridized carbons (Fsp3) is 0.389. The van der Waals surface area contributed by atoms with Crippen LogP contribution in [0.5, 0.6) is 5.75 Å². The Labute approximate surface area is 157 Å². The number of benzene rings is 1. The fourth-order valence-electron chi connectivity index (χ4n) is 3.11. The zero-order chi connectivity index (χ0) is 18.3. The van der Waals surface area contributed by atoms with Crippen molar-refractivity contribution < 1.29 is 4.74 Å². The standard InChI is InChI=1S/C18H21ClN6O/c1-18(21)4-6-25(7-5-18)15-10-22-16-13(24-15)9-23-17(16)26-14-3-2-11(20)8-12(14)19/h2-3,8,10H,4-7,9,20-21H2,1H3. The number of nitrogens with zero attached hydrogens (tertiary/aromatic N) is 4. The maximum atomic E-state index is 6.21. The molecule has 2 aliphatic rings. The third-order valence-corrected chi connectivity index (χ3v) is 5.09. The maximum Gasteiger partial charge on any atom is 0.243 e. The van der Waals surface area contributed by atoms with Gasteiger partial charge in [0, 0.05) is 24.3 Å². The van der Waals surface area contributed by atoms with Crippen molar-refractivity contribution in [3.8, 4) is 5.75 Å². The van der Waals surface area contributed by atoms with Crippen LogP contribution >= 0.6 is 11.6 Å². The third kappa shape index (κ3) is 3.32. The van der Waals surface area contributed by atoms with Gasteiger partial charge in [-0.15, -0.1) is 0 Å². The Morgan fingerprint density at radius 3 is 2.77 bits per heavy atom. The second kappa shape index (κ2) is 6.41. The van der Waals surface area contributed by atoms with Gasteiger partial charge in [-0.05, 0) is 38.0 Å². The van der Waals surface area contributed by atoms with Gasteiger partial charge in [0.05, 0.1) is 23.5 Å². The van der Waals surface area contributed by atoms with Crippen LogP contribution in [0.25, 0.3) is 0 Å². The van der Waals surface area contributed by atoms with E-state index in [2.05, 4.69) is 21.8 Å². The van der Waals surface area contributed by atoms with Crippen molar-refractivity contribution in [1.82, 2.24) is 9.97 Å². The summed E-state index contributed by atoms with van der Waals surface area (Å²) in [5.74, 6) is 1.79. The molecular formula is C18H21ClN6O. The second-order valence-electron chi connectivity index (χ2n) is 7.08. The molecule has 1 fully saturated rings.